The summed E-state index contributed by atoms with van der Waals surface area (Å²) >= 11 is 6.39. The van der Waals surface area contributed by atoms with Gasteiger partial charge in [0.2, 0.25) is 0 Å². The molecule has 0 amide bonds. The maximum absolute atomic E-state index is 12.3. The van der Waals surface area contributed by atoms with E-state index in [0.717, 1.165) is 16.3 Å². The number of ether oxygens (including phenoxy) is 1. The molecule has 2 aromatic rings. The fourth-order valence-electron chi connectivity index (χ4n) is 2.24. The van der Waals surface area contributed by atoms with Crippen molar-refractivity contribution in [1.29, 1.82) is 0 Å². The predicted molar refractivity (Wildman–Crippen MR) is 126 cm³/mol. The van der Waals surface area contributed by atoms with E-state index in [2.05, 4.69) is 72.5 Å². The fourth-order valence-corrected chi connectivity index (χ4v) is 5.77. The molecule has 0 aliphatic carbocycles. The second-order valence-electron chi connectivity index (χ2n) is 5.48. The second kappa shape index (κ2) is 9.47. The van der Waals surface area contributed by atoms with Crippen LogP contribution in [0.1, 0.15) is 21.5 Å². The number of carbonyl (C=O) groups is 1. The highest BCUT2D eigenvalue weighted by molar-refractivity contribution is 14.1. The number of benzene rings is 2. The van der Waals surface area contributed by atoms with Gasteiger partial charge in [-0.1, -0.05) is 17.7 Å². The van der Waals surface area contributed by atoms with E-state index in [4.69, 9.17) is 4.74 Å². The highest BCUT2D eigenvalue weighted by Crippen LogP contribution is 2.24. The van der Waals surface area contributed by atoms with Crippen LogP contribution in [-0.4, -0.2) is 27.5 Å². The quantitative estimate of drug-likeness (QED) is 0.183. The summed E-state index contributed by atoms with van der Waals surface area (Å²) in [5, 5.41) is 0. The van der Waals surface area contributed by atoms with Gasteiger partial charge in [0.05, 0.1) is 17.1 Å². The number of aryl methyl sites for hydroxylation is 2. The molecule has 0 aromatic heterocycles. The van der Waals surface area contributed by atoms with Crippen LogP contribution >= 0.6 is 67.8 Å². The third kappa shape index (κ3) is 5.75. The van der Waals surface area contributed by atoms with Gasteiger partial charge in [-0.3, -0.25) is 0 Å². The molecule has 0 aliphatic heterocycles. The van der Waals surface area contributed by atoms with E-state index in [-0.39, 0.29) is 18.0 Å². The largest absolute Gasteiger partial charge is 0.542 e. The van der Waals surface area contributed by atoms with Crippen LogP contribution in [0, 0.1) is 24.6 Å². The Morgan fingerprint density at radius 3 is 2.46 bits per heavy atom. The molecule has 0 N–H and O–H groups in total. The van der Waals surface area contributed by atoms with Crippen molar-refractivity contribution in [2.45, 2.75) is 18.7 Å². The lowest BCUT2D eigenvalue weighted by Crippen LogP contribution is -2.13. The summed E-state index contributed by atoms with van der Waals surface area (Å²) in [6.07, 6.45) is 0. The molecule has 0 bridgehead atoms. The van der Waals surface area contributed by atoms with Crippen LogP contribution in [0.3, 0.4) is 0 Å². The first-order valence-electron chi connectivity index (χ1n) is 7.44. The Bertz CT molecular complexity index is 945. The smallest absolute Gasteiger partial charge is 0.339 e. The highest BCUT2D eigenvalue weighted by atomic mass is 127. The molecule has 5 nitrogen and oxygen atoms in total. The number of rotatable bonds is 6. The van der Waals surface area contributed by atoms with Gasteiger partial charge in [-0.2, -0.15) is 0 Å². The second-order valence-corrected chi connectivity index (χ2v) is 10.6. The molecule has 140 valence electrons. The number of halogens is 3. The van der Waals surface area contributed by atoms with E-state index >= 15 is 0 Å². The van der Waals surface area contributed by atoms with E-state index in [9.17, 15) is 13.2 Å². The van der Waals surface area contributed by atoms with Crippen LogP contribution in [0.2, 0.25) is 0 Å². The summed E-state index contributed by atoms with van der Waals surface area (Å²) in [4.78, 5) is 12.4. The number of hydrogen-bond acceptors (Lipinski definition) is 4. The molecule has 2 aromatic carbocycles. The first-order valence-corrected chi connectivity index (χ1v) is 12.1. The Labute approximate surface area is 194 Å². The maximum Gasteiger partial charge on any atom is 0.339 e. The van der Waals surface area contributed by atoms with Gasteiger partial charge in [-0.25, -0.2) is 13.2 Å². The van der Waals surface area contributed by atoms with Crippen molar-refractivity contribution < 1.29 is 17.9 Å². The lowest BCUT2D eigenvalue weighted by molar-refractivity contribution is 0.0521. The van der Waals surface area contributed by atoms with Crippen molar-refractivity contribution in [3.63, 3.8) is 0 Å². The maximum atomic E-state index is 12.3. The summed E-state index contributed by atoms with van der Waals surface area (Å²) in [5.74, 6) is -0.482. The van der Waals surface area contributed by atoms with Crippen molar-refractivity contribution >= 4 is 83.8 Å². The molecule has 0 spiro atoms. The van der Waals surface area contributed by atoms with E-state index in [1.165, 1.54) is 0 Å². The molecule has 0 heterocycles. The summed E-state index contributed by atoms with van der Waals surface area (Å²) in [6, 6.07) is 8.78. The minimum Gasteiger partial charge on any atom is -0.542 e. The Morgan fingerprint density at radius 1 is 1.12 bits per heavy atom. The van der Waals surface area contributed by atoms with Gasteiger partial charge >= 0.3 is 5.97 Å². The average Bonchev–Trinajstić information content (AvgIpc) is 2.54. The zero-order chi connectivity index (χ0) is 19.5. The minimum absolute atomic E-state index is 0.0961. The molecule has 9 heteroatoms. The fraction of sp³-hybridized carbons (Fsp3) is 0.235. The number of esters is 1. The van der Waals surface area contributed by atoms with Gasteiger partial charge in [0, 0.05) is 10.7 Å². The molecule has 0 saturated carbocycles. The van der Waals surface area contributed by atoms with Gasteiger partial charge in [-0.05, 0) is 105 Å². The third-order valence-electron chi connectivity index (χ3n) is 3.41. The van der Waals surface area contributed by atoms with Gasteiger partial charge in [0.1, 0.15) is 10.0 Å². The van der Waals surface area contributed by atoms with Gasteiger partial charge < -0.3 is 9.46 Å². The first kappa shape index (κ1) is 22.3. The van der Waals surface area contributed by atoms with Crippen LogP contribution in [0.4, 0.5) is 0 Å². The molecule has 2 rings (SSSR count). The SMILES string of the molecule is Cc1ccc(S(=O)(=O)[N-]CCOC(=O)c2cc(I)cc(I)c2I)c(C)c1. The zero-order valence-corrected chi connectivity index (χ0v) is 21.2. The van der Waals surface area contributed by atoms with Crippen molar-refractivity contribution in [2.75, 3.05) is 13.2 Å². The Hall–Kier alpha value is 0.0100. The minimum atomic E-state index is -3.76. The number of nitrogens with zero attached hydrogens (tertiary/aromatic N) is 1. The van der Waals surface area contributed by atoms with Crippen molar-refractivity contribution in [2.24, 2.45) is 0 Å². The van der Waals surface area contributed by atoms with Crippen LogP contribution in [0.25, 0.3) is 4.72 Å². The summed E-state index contributed by atoms with van der Waals surface area (Å²) in [6.45, 7) is 3.42. The number of sulfonamides is 1. The van der Waals surface area contributed by atoms with Crippen LogP contribution in [0.5, 0.6) is 0 Å². The van der Waals surface area contributed by atoms with Crippen molar-refractivity contribution in [3.05, 3.63) is 62.5 Å². The molecule has 0 aliphatic rings. The monoisotopic (exact) mass is 710 g/mol. The Balaban J connectivity index is 1.97. The van der Waals surface area contributed by atoms with E-state index in [0.29, 0.717) is 11.1 Å². The number of carbonyl (C=O) groups excluding carboxylic acids is 1. The molecular weight excluding hydrogens is 695 g/mol. The molecular formula is C17H15I3NO4S-. The highest BCUT2D eigenvalue weighted by Gasteiger charge is 2.15. The van der Waals surface area contributed by atoms with E-state index < -0.39 is 16.0 Å². The molecule has 0 fully saturated rings. The zero-order valence-electron chi connectivity index (χ0n) is 13.9. The van der Waals surface area contributed by atoms with Gasteiger partial charge in [0.25, 0.3) is 0 Å². The Kier molecular flexibility index (Phi) is 8.13. The van der Waals surface area contributed by atoms with Gasteiger partial charge in [0.15, 0.2) is 0 Å². The lowest BCUT2D eigenvalue weighted by Gasteiger charge is -2.21. The summed E-state index contributed by atoms with van der Waals surface area (Å²) < 4.78 is 36.3. The number of hydrogen-bond donors (Lipinski definition) is 0. The lowest BCUT2D eigenvalue weighted by atomic mass is 10.2. The summed E-state index contributed by atoms with van der Waals surface area (Å²) in [5.41, 5.74) is 2.10. The van der Waals surface area contributed by atoms with Crippen molar-refractivity contribution in [3.8, 4) is 0 Å². The third-order valence-corrected chi connectivity index (χ3v) is 8.61. The van der Waals surface area contributed by atoms with Crippen molar-refractivity contribution in [1.82, 2.24) is 0 Å². The van der Waals surface area contributed by atoms with E-state index in [1.807, 2.05) is 13.0 Å². The van der Waals surface area contributed by atoms with E-state index in [1.54, 1.807) is 31.2 Å². The average molecular weight is 710 g/mol. The molecule has 0 atom stereocenters. The van der Waals surface area contributed by atoms with Crippen LogP contribution in [0.15, 0.2) is 35.2 Å². The first-order chi connectivity index (χ1) is 12.1. The van der Waals surface area contributed by atoms with Crippen LogP contribution in [-0.2, 0) is 14.8 Å². The molecule has 0 radical (unpaired) electrons. The predicted octanol–water partition coefficient (Wildman–Crippen LogP) is 5.04. The van der Waals surface area contributed by atoms with Crippen LogP contribution < -0.4 is 0 Å². The summed E-state index contributed by atoms with van der Waals surface area (Å²) in [7, 11) is -3.76. The van der Waals surface area contributed by atoms with Gasteiger partial charge in [-0.15, -0.1) is 6.54 Å². The topological polar surface area (TPSA) is 74.5 Å². The Morgan fingerprint density at radius 2 is 1.81 bits per heavy atom. The molecule has 0 unspecified atom stereocenters. The normalized spacial score (nSPS) is 11.4. The molecule has 0 saturated heterocycles. The molecule has 26 heavy (non-hydrogen) atoms. The standard InChI is InChI=1S/C17H15I3NO4S/c1-10-3-4-15(11(2)7-10)26(23,24)21-5-6-25-17(22)13-8-12(18)9-14(19)16(13)20/h3-4,7-9H,5-6H2,1-2H3/q-1.